The molecule has 0 radical (unpaired) electrons. The molecule has 0 unspecified atom stereocenters. The van der Waals surface area contributed by atoms with Gasteiger partial charge >= 0.3 is 0 Å². The molecule has 0 heterocycles. The molecule has 150 valence electrons. The minimum absolute atomic E-state index is 0.197. The number of hydrogen-bond acceptors (Lipinski definition) is 4. The highest BCUT2D eigenvalue weighted by Crippen LogP contribution is 2.28. The lowest BCUT2D eigenvalue weighted by Crippen LogP contribution is -2.39. The lowest BCUT2D eigenvalue weighted by Gasteiger charge is -2.21. The van der Waals surface area contributed by atoms with Crippen molar-refractivity contribution in [3.05, 3.63) is 64.1 Å². The van der Waals surface area contributed by atoms with Crippen molar-refractivity contribution in [3.63, 3.8) is 0 Å². The number of aryl methyl sites for hydroxylation is 1. The third-order valence-corrected chi connectivity index (χ3v) is 5.75. The third kappa shape index (κ3) is 6.82. The molecule has 1 N–H and O–H groups in total. The summed E-state index contributed by atoms with van der Waals surface area (Å²) in [5.74, 6) is -0.560. The predicted molar refractivity (Wildman–Crippen MR) is 115 cm³/mol. The van der Waals surface area contributed by atoms with E-state index in [0.29, 0.717) is 11.4 Å². The first-order valence-electron chi connectivity index (χ1n) is 8.45. The van der Waals surface area contributed by atoms with Crippen LogP contribution in [0.1, 0.15) is 18.9 Å². The number of sulfonamides is 1. The standard InChI is InChI=1S/C19H21Cl2N3O3S/c1-14(8-9-15-6-4-3-5-7-15)22-23-19(25)13-24(28(2,26)27)16-10-11-17(20)18(21)12-16/h3-7,10-12H,8-9,13H2,1-2H3,(H,23,25)/b22-14-. The Bertz CT molecular complexity index is 964. The summed E-state index contributed by atoms with van der Waals surface area (Å²) in [6.07, 6.45) is 2.48. The molecule has 9 heteroatoms. The van der Waals surface area contributed by atoms with Gasteiger partial charge in [0.15, 0.2) is 0 Å². The van der Waals surface area contributed by atoms with E-state index >= 15 is 0 Å². The van der Waals surface area contributed by atoms with Gasteiger partial charge in [-0.25, -0.2) is 13.8 Å². The van der Waals surface area contributed by atoms with E-state index in [2.05, 4.69) is 10.5 Å². The Morgan fingerprint density at radius 2 is 1.79 bits per heavy atom. The Hall–Kier alpha value is -2.09. The summed E-state index contributed by atoms with van der Waals surface area (Å²) in [5.41, 5.74) is 4.55. The van der Waals surface area contributed by atoms with Crippen molar-refractivity contribution in [1.29, 1.82) is 0 Å². The van der Waals surface area contributed by atoms with Crippen molar-refractivity contribution in [2.75, 3.05) is 17.1 Å². The zero-order valence-electron chi connectivity index (χ0n) is 15.5. The van der Waals surface area contributed by atoms with E-state index in [1.54, 1.807) is 6.92 Å². The lowest BCUT2D eigenvalue weighted by molar-refractivity contribution is -0.119. The molecule has 0 bridgehead atoms. The minimum Gasteiger partial charge on any atom is -0.271 e. The number of carbonyl (C=O) groups is 1. The van der Waals surface area contributed by atoms with Gasteiger partial charge in [0, 0.05) is 5.71 Å². The van der Waals surface area contributed by atoms with Crippen molar-refractivity contribution < 1.29 is 13.2 Å². The van der Waals surface area contributed by atoms with E-state index in [1.807, 2.05) is 30.3 Å². The smallest absolute Gasteiger partial charge is 0.260 e. The molecule has 1 amide bonds. The van der Waals surface area contributed by atoms with Gasteiger partial charge in [0.1, 0.15) is 6.54 Å². The lowest BCUT2D eigenvalue weighted by atomic mass is 10.1. The van der Waals surface area contributed by atoms with Gasteiger partial charge in [-0.3, -0.25) is 9.10 Å². The summed E-state index contributed by atoms with van der Waals surface area (Å²) in [7, 11) is -3.71. The van der Waals surface area contributed by atoms with Gasteiger partial charge in [-0.15, -0.1) is 0 Å². The second-order valence-corrected chi connectivity index (χ2v) is 8.96. The maximum absolute atomic E-state index is 12.2. The molecule has 0 aliphatic carbocycles. The number of amides is 1. The second-order valence-electron chi connectivity index (χ2n) is 6.24. The molecule has 28 heavy (non-hydrogen) atoms. The molecule has 6 nitrogen and oxygen atoms in total. The number of benzene rings is 2. The molecular weight excluding hydrogens is 421 g/mol. The average molecular weight is 442 g/mol. The molecule has 0 atom stereocenters. The predicted octanol–water partition coefficient (Wildman–Crippen LogP) is 3.88. The van der Waals surface area contributed by atoms with Gasteiger partial charge in [-0.05, 0) is 43.5 Å². The first-order valence-corrected chi connectivity index (χ1v) is 11.1. The highest BCUT2D eigenvalue weighted by molar-refractivity contribution is 7.92. The van der Waals surface area contributed by atoms with Gasteiger partial charge < -0.3 is 0 Å². The number of carbonyl (C=O) groups excluding carboxylic acids is 1. The molecule has 0 saturated carbocycles. The number of rotatable bonds is 8. The third-order valence-electron chi connectivity index (χ3n) is 3.87. The van der Waals surface area contributed by atoms with Gasteiger partial charge in [-0.2, -0.15) is 5.10 Å². The van der Waals surface area contributed by atoms with E-state index in [-0.39, 0.29) is 10.7 Å². The number of hydrazone groups is 1. The first kappa shape index (κ1) is 22.2. The first-order chi connectivity index (χ1) is 13.2. The zero-order chi connectivity index (χ0) is 20.7. The van der Waals surface area contributed by atoms with Crippen LogP contribution in [0.4, 0.5) is 5.69 Å². The zero-order valence-corrected chi connectivity index (χ0v) is 17.9. The van der Waals surface area contributed by atoms with Gasteiger partial charge in [0.05, 0.1) is 22.0 Å². The molecule has 2 aromatic carbocycles. The van der Waals surface area contributed by atoms with E-state index in [4.69, 9.17) is 23.2 Å². The van der Waals surface area contributed by atoms with Gasteiger partial charge in [0.2, 0.25) is 10.0 Å². The van der Waals surface area contributed by atoms with Crippen molar-refractivity contribution in [2.24, 2.45) is 5.10 Å². The molecule has 0 aliphatic rings. The van der Waals surface area contributed by atoms with Crippen LogP contribution >= 0.6 is 23.2 Å². The van der Waals surface area contributed by atoms with Crippen molar-refractivity contribution >= 4 is 50.5 Å². The SMILES string of the molecule is C/C(CCc1ccccc1)=N/NC(=O)CN(c1ccc(Cl)c(Cl)c1)S(C)(=O)=O. The Morgan fingerprint density at radius 3 is 2.39 bits per heavy atom. The monoisotopic (exact) mass is 441 g/mol. The van der Waals surface area contributed by atoms with Crippen LogP contribution in [0.2, 0.25) is 10.0 Å². The van der Waals surface area contributed by atoms with Crippen LogP contribution in [0.3, 0.4) is 0 Å². The maximum atomic E-state index is 12.2. The topological polar surface area (TPSA) is 78.8 Å². The molecule has 2 rings (SSSR count). The highest BCUT2D eigenvalue weighted by atomic mass is 35.5. The molecule has 2 aromatic rings. The molecule has 0 spiro atoms. The van der Waals surface area contributed by atoms with Crippen molar-refractivity contribution in [1.82, 2.24) is 5.43 Å². The van der Waals surface area contributed by atoms with Crippen LogP contribution in [0.15, 0.2) is 53.6 Å². The molecule has 0 aromatic heterocycles. The minimum atomic E-state index is -3.71. The summed E-state index contributed by atoms with van der Waals surface area (Å²) in [4.78, 5) is 12.2. The van der Waals surface area contributed by atoms with Crippen LogP contribution in [0.25, 0.3) is 0 Å². The fraction of sp³-hybridized carbons (Fsp3) is 0.263. The fourth-order valence-corrected chi connectivity index (χ4v) is 3.53. The van der Waals surface area contributed by atoms with Crippen LogP contribution in [-0.4, -0.2) is 32.8 Å². The molecule has 0 aliphatic heterocycles. The summed E-state index contributed by atoms with van der Waals surface area (Å²) in [6.45, 7) is 1.38. The Kier molecular flexibility index (Phi) is 7.86. The number of nitrogens with one attached hydrogen (secondary N) is 1. The van der Waals surface area contributed by atoms with Gasteiger partial charge in [-0.1, -0.05) is 53.5 Å². The van der Waals surface area contributed by atoms with E-state index < -0.39 is 22.5 Å². The highest BCUT2D eigenvalue weighted by Gasteiger charge is 2.21. The summed E-state index contributed by atoms with van der Waals surface area (Å²) in [5, 5.41) is 4.54. The Morgan fingerprint density at radius 1 is 1.11 bits per heavy atom. The largest absolute Gasteiger partial charge is 0.271 e. The second kappa shape index (κ2) is 9.91. The van der Waals surface area contributed by atoms with Crippen LogP contribution < -0.4 is 9.73 Å². The van der Waals surface area contributed by atoms with E-state index in [9.17, 15) is 13.2 Å². The fourth-order valence-electron chi connectivity index (χ4n) is 2.39. The molecule has 0 saturated heterocycles. The van der Waals surface area contributed by atoms with Crippen molar-refractivity contribution in [3.8, 4) is 0 Å². The number of halogens is 2. The average Bonchev–Trinajstić information content (AvgIpc) is 2.65. The summed E-state index contributed by atoms with van der Waals surface area (Å²) in [6, 6.07) is 14.3. The number of nitrogens with zero attached hydrogens (tertiary/aromatic N) is 2. The van der Waals surface area contributed by atoms with E-state index in [1.165, 1.54) is 23.8 Å². The Balaban J connectivity index is 2.00. The quantitative estimate of drug-likeness (QED) is 0.498. The maximum Gasteiger partial charge on any atom is 0.260 e. The van der Waals surface area contributed by atoms with Crippen LogP contribution in [0, 0.1) is 0 Å². The van der Waals surface area contributed by atoms with Crippen LogP contribution in [-0.2, 0) is 21.2 Å². The van der Waals surface area contributed by atoms with E-state index in [0.717, 1.165) is 22.7 Å². The van der Waals surface area contributed by atoms with Crippen LogP contribution in [0.5, 0.6) is 0 Å². The molecule has 0 fully saturated rings. The van der Waals surface area contributed by atoms with Crippen molar-refractivity contribution in [2.45, 2.75) is 19.8 Å². The summed E-state index contributed by atoms with van der Waals surface area (Å²) < 4.78 is 25.1. The number of anilines is 1. The van der Waals surface area contributed by atoms with Gasteiger partial charge in [0.25, 0.3) is 5.91 Å². The summed E-state index contributed by atoms with van der Waals surface area (Å²) >= 11 is 11.8. The Labute approximate surface area is 175 Å². The molecular formula is C19H21Cl2N3O3S. The normalized spacial score (nSPS) is 11.9. The number of hydrogen-bond donors (Lipinski definition) is 1.